The molecule has 28 heavy (non-hydrogen) atoms. The molecule has 3 aromatic rings. The maximum absolute atomic E-state index is 13.1. The fraction of sp³-hybridized carbons (Fsp3) is 0.318. The van der Waals surface area contributed by atoms with Crippen molar-refractivity contribution < 1.29 is 14.6 Å². The molecule has 0 amide bonds. The second kappa shape index (κ2) is 8.17. The van der Waals surface area contributed by atoms with E-state index in [-0.39, 0.29) is 12.1 Å². The van der Waals surface area contributed by atoms with E-state index in [1.807, 2.05) is 41.1 Å². The van der Waals surface area contributed by atoms with E-state index >= 15 is 0 Å². The number of hydrogen-bond donors (Lipinski definition) is 1. The molecule has 0 bridgehead atoms. The molecule has 1 N–H and O–H groups in total. The Morgan fingerprint density at radius 2 is 1.75 bits per heavy atom. The summed E-state index contributed by atoms with van der Waals surface area (Å²) in [5, 5.41) is 15.1. The van der Waals surface area contributed by atoms with E-state index in [9.17, 15) is 9.90 Å². The van der Waals surface area contributed by atoms with E-state index in [1.54, 1.807) is 12.1 Å². The van der Waals surface area contributed by atoms with Crippen molar-refractivity contribution in [3.05, 3.63) is 80.7 Å². The fourth-order valence-corrected chi connectivity index (χ4v) is 5.39. The summed E-state index contributed by atoms with van der Waals surface area (Å²) in [5.41, 5.74) is -0.482. The highest BCUT2D eigenvalue weighted by molar-refractivity contribution is 7.12. The highest BCUT2D eigenvalue weighted by Crippen LogP contribution is 2.37. The molecule has 1 aliphatic heterocycles. The molecular formula is C22H23NO3S2. The van der Waals surface area contributed by atoms with Crippen LogP contribution in [0.2, 0.25) is 0 Å². The standard InChI is InChI=1S/C22H23NO3S2/c1-16(17-7-3-2-4-8-17)23-12-11-18(15-23)26-21(24)22(25,19-9-5-13-27-19)20-10-6-14-28-20/h2-10,13-14,16,18,25H,11-12,15H2,1H3/t16?,18-/m1/s1. The molecule has 146 valence electrons. The summed E-state index contributed by atoms with van der Waals surface area (Å²) < 4.78 is 5.82. The van der Waals surface area contributed by atoms with Crippen LogP contribution in [0.3, 0.4) is 0 Å². The second-order valence-electron chi connectivity index (χ2n) is 7.06. The monoisotopic (exact) mass is 413 g/mol. The van der Waals surface area contributed by atoms with E-state index in [4.69, 9.17) is 4.74 Å². The zero-order valence-electron chi connectivity index (χ0n) is 15.7. The van der Waals surface area contributed by atoms with Crippen LogP contribution in [-0.2, 0) is 15.1 Å². The summed E-state index contributed by atoms with van der Waals surface area (Å²) in [6.45, 7) is 3.71. The summed E-state index contributed by atoms with van der Waals surface area (Å²) in [6, 6.07) is 17.8. The first-order chi connectivity index (χ1) is 13.6. The first kappa shape index (κ1) is 19.3. The predicted octanol–water partition coefficient (Wildman–Crippen LogP) is 4.42. The van der Waals surface area contributed by atoms with Gasteiger partial charge in [-0.2, -0.15) is 0 Å². The minimum absolute atomic E-state index is 0.217. The first-order valence-electron chi connectivity index (χ1n) is 9.39. The van der Waals surface area contributed by atoms with Gasteiger partial charge in [-0.25, -0.2) is 4.79 Å². The molecule has 1 fully saturated rings. The number of thiophene rings is 2. The zero-order valence-corrected chi connectivity index (χ0v) is 17.3. The van der Waals surface area contributed by atoms with Crippen LogP contribution in [0.25, 0.3) is 0 Å². The van der Waals surface area contributed by atoms with Crippen molar-refractivity contribution in [2.24, 2.45) is 0 Å². The summed E-state index contributed by atoms with van der Waals surface area (Å²) in [4.78, 5) is 16.6. The summed E-state index contributed by atoms with van der Waals surface area (Å²) in [5.74, 6) is -0.586. The van der Waals surface area contributed by atoms with Gasteiger partial charge in [-0.15, -0.1) is 22.7 Å². The molecule has 2 atom stereocenters. The maximum atomic E-state index is 13.1. The van der Waals surface area contributed by atoms with Crippen molar-refractivity contribution in [2.45, 2.75) is 31.1 Å². The number of benzene rings is 1. The third-order valence-electron chi connectivity index (χ3n) is 5.33. The van der Waals surface area contributed by atoms with Gasteiger partial charge in [0, 0.05) is 19.1 Å². The molecule has 0 spiro atoms. The predicted molar refractivity (Wildman–Crippen MR) is 113 cm³/mol. The Morgan fingerprint density at radius 3 is 2.32 bits per heavy atom. The van der Waals surface area contributed by atoms with Gasteiger partial charge < -0.3 is 9.84 Å². The number of nitrogens with zero attached hydrogens (tertiary/aromatic N) is 1. The van der Waals surface area contributed by atoms with Crippen molar-refractivity contribution in [1.29, 1.82) is 0 Å². The lowest BCUT2D eigenvalue weighted by Gasteiger charge is -2.27. The van der Waals surface area contributed by atoms with Gasteiger partial charge in [-0.05, 0) is 41.8 Å². The molecular weight excluding hydrogens is 390 g/mol. The van der Waals surface area contributed by atoms with Gasteiger partial charge in [0.25, 0.3) is 0 Å². The lowest BCUT2D eigenvalue weighted by atomic mass is 10.00. The van der Waals surface area contributed by atoms with Gasteiger partial charge in [-0.1, -0.05) is 42.5 Å². The Balaban J connectivity index is 1.47. The van der Waals surface area contributed by atoms with Crippen LogP contribution in [0.5, 0.6) is 0 Å². The maximum Gasteiger partial charge on any atom is 0.349 e. The lowest BCUT2D eigenvalue weighted by Crippen LogP contribution is -2.40. The zero-order chi connectivity index (χ0) is 19.6. The van der Waals surface area contributed by atoms with Crippen molar-refractivity contribution in [1.82, 2.24) is 4.90 Å². The minimum atomic E-state index is -1.74. The van der Waals surface area contributed by atoms with Crippen LogP contribution in [0.4, 0.5) is 0 Å². The average Bonchev–Trinajstić information content (AvgIpc) is 3.50. The van der Waals surface area contributed by atoms with Gasteiger partial charge in [-0.3, -0.25) is 4.90 Å². The Kier molecular flexibility index (Phi) is 5.64. The number of esters is 1. The normalized spacial score (nSPS) is 18.9. The number of carbonyl (C=O) groups excluding carboxylic acids is 1. The molecule has 1 aromatic carbocycles. The van der Waals surface area contributed by atoms with Gasteiger partial charge in [0.1, 0.15) is 6.10 Å². The van der Waals surface area contributed by atoms with Crippen LogP contribution in [-0.4, -0.2) is 35.2 Å². The van der Waals surface area contributed by atoms with Crippen LogP contribution in [0, 0.1) is 0 Å². The topological polar surface area (TPSA) is 49.8 Å². The van der Waals surface area contributed by atoms with Crippen LogP contribution in [0.15, 0.2) is 65.4 Å². The molecule has 0 radical (unpaired) electrons. The molecule has 2 aromatic heterocycles. The number of aliphatic hydroxyl groups is 1. The third kappa shape index (κ3) is 3.65. The van der Waals surface area contributed by atoms with E-state index < -0.39 is 11.6 Å². The average molecular weight is 414 g/mol. The molecule has 0 saturated carbocycles. The van der Waals surface area contributed by atoms with E-state index in [0.717, 1.165) is 13.0 Å². The van der Waals surface area contributed by atoms with E-state index in [0.29, 0.717) is 16.3 Å². The third-order valence-corrected chi connectivity index (χ3v) is 7.29. The van der Waals surface area contributed by atoms with Crippen LogP contribution >= 0.6 is 22.7 Å². The molecule has 1 aliphatic rings. The molecule has 0 aliphatic carbocycles. The number of ether oxygens (including phenoxy) is 1. The molecule has 1 saturated heterocycles. The number of carbonyl (C=O) groups is 1. The molecule has 4 rings (SSSR count). The number of likely N-dealkylation sites (tertiary alicyclic amines) is 1. The first-order valence-corrected chi connectivity index (χ1v) is 11.2. The molecule has 4 nitrogen and oxygen atoms in total. The van der Waals surface area contributed by atoms with Crippen LogP contribution < -0.4 is 0 Å². The van der Waals surface area contributed by atoms with Crippen LogP contribution in [0.1, 0.15) is 34.7 Å². The molecule has 3 heterocycles. The Labute approximate surface area is 173 Å². The van der Waals surface area contributed by atoms with Gasteiger partial charge in [0.15, 0.2) is 0 Å². The summed E-state index contributed by atoms with van der Waals surface area (Å²) in [7, 11) is 0. The summed E-state index contributed by atoms with van der Waals surface area (Å²) in [6.07, 6.45) is 0.554. The highest BCUT2D eigenvalue weighted by atomic mass is 32.1. The Morgan fingerprint density at radius 1 is 1.11 bits per heavy atom. The van der Waals surface area contributed by atoms with Crippen molar-refractivity contribution in [2.75, 3.05) is 13.1 Å². The number of rotatable bonds is 6. The summed E-state index contributed by atoms with van der Waals surface area (Å²) >= 11 is 2.72. The number of hydrogen-bond acceptors (Lipinski definition) is 6. The van der Waals surface area contributed by atoms with Gasteiger partial charge >= 0.3 is 5.97 Å². The van der Waals surface area contributed by atoms with Crippen molar-refractivity contribution >= 4 is 28.6 Å². The largest absolute Gasteiger partial charge is 0.458 e. The second-order valence-corrected chi connectivity index (χ2v) is 8.96. The SMILES string of the molecule is CC(c1ccccc1)N1CC[C@@H](OC(=O)C(O)(c2cccs2)c2cccs2)C1. The lowest BCUT2D eigenvalue weighted by molar-refractivity contribution is -0.166. The van der Waals surface area contributed by atoms with Crippen molar-refractivity contribution in [3.63, 3.8) is 0 Å². The van der Waals surface area contributed by atoms with E-state index in [1.165, 1.54) is 28.2 Å². The fourth-order valence-electron chi connectivity index (χ4n) is 3.67. The van der Waals surface area contributed by atoms with E-state index in [2.05, 4.69) is 24.0 Å². The quantitative estimate of drug-likeness (QED) is 0.608. The Hall–Kier alpha value is -1.99. The molecule has 6 heteroatoms. The van der Waals surface area contributed by atoms with Crippen molar-refractivity contribution in [3.8, 4) is 0 Å². The smallest absolute Gasteiger partial charge is 0.349 e. The highest BCUT2D eigenvalue weighted by Gasteiger charge is 2.45. The van der Waals surface area contributed by atoms with Gasteiger partial charge in [0.05, 0.1) is 9.75 Å². The Bertz CT molecular complexity index is 859. The molecule has 1 unspecified atom stereocenters. The minimum Gasteiger partial charge on any atom is -0.458 e. The van der Waals surface area contributed by atoms with Gasteiger partial charge in [0.2, 0.25) is 5.60 Å².